The molecule has 23 heavy (non-hydrogen) atoms. The number of aliphatic hydroxyl groups excluding tert-OH is 1. The normalized spacial score (nSPS) is 11.6. The van der Waals surface area contributed by atoms with Crippen molar-refractivity contribution < 1.29 is 13.5 Å². The summed E-state index contributed by atoms with van der Waals surface area (Å²) < 4.78 is 25.1. The van der Waals surface area contributed by atoms with Gasteiger partial charge in [-0.25, -0.2) is 8.42 Å². The van der Waals surface area contributed by atoms with E-state index in [0.29, 0.717) is 4.90 Å². The number of aromatic nitrogens is 1. The third-order valence-electron chi connectivity index (χ3n) is 3.72. The summed E-state index contributed by atoms with van der Waals surface area (Å²) in [4.78, 5) is 0.312. The van der Waals surface area contributed by atoms with Gasteiger partial charge in [0.1, 0.15) is 0 Å². The lowest BCUT2D eigenvalue weighted by Gasteiger charge is -2.10. The second-order valence-electron chi connectivity index (χ2n) is 5.38. The number of benzene rings is 2. The average molecular weight is 327 g/mol. The molecule has 1 aromatic heterocycles. The summed E-state index contributed by atoms with van der Waals surface area (Å²) in [6.07, 6.45) is 3.15. The molecule has 3 rings (SSSR count). The lowest BCUT2D eigenvalue weighted by Crippen LogP contribution is -1.98. The zero-order chi connectivity index (χ0) is 16.4. The molecule has 0 aliphatic carbocycles. The minimum atomic E-state index is -3.19. The SMILES string of the molecule is CS(=O)(=O)c1ccc(-c2cccn2-c2ccc(CO)cc2)cc1. The van der Waals surface area contributed by atoms with Crippen molar-refractivity contribution in [3.63, 3.8) is 0 Å². The molecule has 1 heterocycles. The second kappa shape index (κ2) is 6.02. The molecule has 0 aliphatic rings. The monoisotopic (exact) mass is 327 g/mol. The van der Waals surface area contributed by atoms with Crippen molar-refractivity contribution in [1.29, 1.82) is 0 Å². The molecule has 118 valence electrons. The van der Waals surface area contributed by atoms with Crippen LogP contribution in [0.15, 0.2) is 71.8 Å². The predicted octanol–water partition coefficient (Wildman–Crippen LogP) is 3.04. The van der Waals surface area contributed by atoms with Crippen LogP contribution in [0, 0.1) is 0 Å². The van der Waals surface area contributed by atoms with Crippen molar-refractivity contribution in [1.82, 2.24) is 4.57 Å². The maximum Gasteiger partial charge on any atom is 0.175 e. The Hall–Kier alpha value is -2.37. The molecule has 2 aromatic carbocycles. The molecule has 0 fully saturated rings. The minimum absolute atomic E-state index is 0.0196. The first-order valence-corrected chi connectivity index (χ1v) is 9.06. The van der Waals surface area contributed by atoms with Gasteiger partial charge in [-0.3, -0.25) is 0 Å². The molecule has 0 radical (unpaired) electrons. The van der Waals surface area contributed by atoms with Crippen molar-refractivity contribution in [2.45, 2.75) is 11.5 Å². The van der Waals surface area contributed by atoms with Crippen molar-refractivity contribution >= 4 is 9.84 Å². The van der Waals surface area contributed by atoms with E-state index < -0.39 is 9.84 Å². The zero-order valence-corrected chi connectivity index (χ0v) is 13.5. The van der Waals surface area contributed by atoms with Crippen LogP contribution in [0.2, 0.25) is 0 Å². The van der Waals surface area contributed by atoms with Gasteiger partial charge in [0, 0.05) is 18.1 Å². The van der Waals surface area contributed by atoms with Gasteiger partial charge in [-0.15, -0.1) is 0 Å². The molecular formula is C18H17NO3S. The first kappa shape index (κ1) is 15.5. The van der Waals surface area contributed by atoms with E-state index in [9.17, 15) is 8.42 Å². The number of sulfone groups is 1. The van der Waals surface area contributed by atoms with E-state index >= 15 is 0 Å². The summed E-state index contributed by atoms with van der Waals surface area (Å²) in [6.45, 7) is 0.0196. The lowest BCUT2D eigenvalue weighted by atomic mass is 10.1. The van der Waals surface area contributed by atoms with Gasteiger partial charge >= 0.3 is 0 Å². The zero-order valence-electron chi connectivity index (χ0n) is 12.7. The maximum atomic E-state index is 11.6. The molecule has 4 nitrogen and oxygen atoms in total. The topological polar surface area (TPSA) is 59.3 Å². The summed E-state index contributed by atoms with van der Waals surface area (Å²) in [6, 6.07) is 18.4. The van der Waals surface area contributed by atoms with Crippen LogP contribution in [-0.2, 0) is 16.4 Å². The number of nitrogens with zero attached hydrogens (tertiary/aromatic N) is 1. The van der Waals surface area contributed by atoms with E-state index in [4.69, 9.17) is 5.11 Å². The molecule has 0 saturated carbocycles. The average Bonchev–Trinajstić information content (AvgIpc) is 3.04. The third kappa shape index (κ3) is 3.21. The molecule has 3 aromatic rings. The Morgan fingerprint density at radius 3 is 2.17 bits per heavy atom. The fourth-order valence-electron chi connectivity index (χ4n) is 2.48. The van der Waals surface area contributed by atoms with E-state index in [0.717, 1.165) is 22.5 Å². The van der Waals surface area contributed by atoms with E-state index in [1.165, 1.54) is 6.26 Å². The largest absolute Gasteiger partial charge is 0.392 e. The number of hydrogen-bond acceptors (Lipinski definition) is 3. The molecule has 1 N–H and O–H groups in total. The molecule has 5 heteroatoms. The Labute approximate surface area is 135 Å². The van der Waals surface area contributed by atoms with Gasteiger partial charge in [-0.05, 0) is 47.5 Å². The first-order chi connectivity index (χ1) is 11.0. The smallest absolute Gasteiger partial charge is 0.175 e. The number of aliphatic hydroxyl groups is 1. The Balaban J connectivity index is 2.00. The maximum absolute atomic E-state index is 11.6. The van der Waals surface area contributed by atoms with Gasteiger partial charge in [0.2, 0.25) is 0 Å². The first-order valence-electron chi connectivity index (χ1n) is 7.17. The van der Waals surface area contributed by atoms with Gasteiger partial charge in [-0.1, -0.05) is 24.3 Å². The third-order valence-corrected chi connectivity index (χ3v) is 4.85. The van der Waals surface area contributed by atoms with Gasteiger partial charge in [0.05, 0.1) is 17.2 Å². The van der Waals surface area contributed by atoms with Crippen LogP contribution in [0.5, 0.6) is 0 Å². The summed E-state index contributed by atoms with van der Waals surface area (Å²) in [7, 11) is -3.19. The van der Waals surface area contributed by atoms with Crippen LogP contribution < -0.4 is 0 Å². The van der Waals surface area contributed by atoms with Gasteiger partial charge in [0.15, 0.2) is 9.84 Å². The molecule has 0 bridgehead atoms. The number of rotatable bonds is 4. The Bertz CT molecular complexity index is 908. The summed E-state index contributed by atoms with van der Waals surface area (Å²) in [5.74, 6) is 0. The van der Waals surface area contributed by atoms with E-state index in [1.54, 1.807) is 12.1 Å². The fourth-order valence-corrected chi connectivity index (χ4v) is 3.11. The summed E-state index contributed by atoms with van der Waals surface area (Å²) in [5.41, 5.74) is 3.75. The van der Waals surface area contributed by atoms with Crippen molar-refractivity contribution in [3.05, 3.63) is 72.4 Å². The summed E-state index contributed by atoms with van der Waals surface area (Å²) >= 11 is 0. The minimum Gasteiger partial charge on any atom is -0.392 e. The highest BCUT2D eigenvalue weighted by atomic mass is 32.2. The molecule has 0 saturated heterocycles. The van der Waals surface area contributed by atoms with Gasteiger partial charge < -0.3 is 9.67 Å². The summed E-state index contributed by atoms with van der Waals surface area (Å²) in [5, 5.41) is 9.13. The van der Waals surface area contributed by atoms with Crippen molar-refractivity contribution in [2.75, 3.05) is 6.26 Å². The predicted molar refractivity (Wildman–Crippen MR) is 90.2 cm³/mol. The van der Waals surface area contributed by atoms with Crippen LogP contribution in [0.25, 0.3) is 16.9 Å². The molecule has 0 atom stereocenters. The van der Waals surface area contributed by atoms with Crippen LogP contribution in [-0.4, -0.2) is 24.3 Å². The van der Waals surface area contributed by atoms with Crippen LogP contribution in [0.3, 0.4) is 0 Å². The van der Waals surface area contributed by atoms with E-state index in [2.05, 4.69) is 0 Å². The van der Waals surface area contributed by atoms with Gasteiger partial charge in [0.25, 0.3) is 0 Å². The molecule has 0 spiro atoms. The molecular weight excluding hydrogens is 310 g/mol. The van der Waals surface area contributed by atoms with Crippen molar-refractivity contribution in [2.24, 2.45) is 0 Å². The highest BCUT2D eigenvalue weighted by Gasteiger charge is 2.09. The van der Waals surface area contributed by atoms with Gasteiger partial charge in [-0.2, -0.15) is 0 Å². The lowest BCUT2D eigenvalue weighted by molar-refractivity contribution is 0.282. The quantitative estimate of drug-likeness (QED) is 0.801. The van der Waals surface area contributed by atoms with E-state index in [1.807, 2.05) is 59.3 Å². The highest BCUT2D eigenvalue weighted by molar-refractivity contribution is 7.90. The van der Waals surface area contributed by atoms with E-state index in [-0.39, 0.29) is 6.61 Å². The van der Waals surface area contributed by atoms with Crippen LogP contribution >= 0.6 is 0 Å². The highest BCUT2D eigenvalue weighted by Crippen LogP contribution is 2.25. The van der Waals surface area contributed by atoms with Crippen molar-refractivity contribution in [3.8, 4) is 16.9 Å². The fraction of sp³-hybridized carbons (Fsp3) is 0.111. The Kier molecular flexibility index (Phi) is 4.07. The Morgan fingerprint density at radius 2 is 1.61 bits per heavy atom. The van der Waals surface area contributed by atoms with Crippen LogP contribution in [0.4, 0.5) is 0 Å². The van der Waals surface area contributed by atoms with Crippen LogP contribution in [0.1, 0.15) is 5.56 Å². The molecule has 0 unspecified atom stereocenters. The number of hydrogen-bond donors (Lipinski definition) is 1. The molecule has 0 amide bonds. The standard InChI is InChI=1S/C18H17NO3S/c1-23(21,22)17-10-6-15(7-11-17)18-3-2-12-19(18)16-8-4-14(13-20)5-9-16/h2-12,20H,13H2,1H3. The molecule has 0 aliphatic heterocycles. The Morgan fingerprint density at radius 1 is 0.957 bits per heavy atom. The second-order valence-corrected chi connectivity index (χ2v) is 7.40.